The molecule has 0 radical (unpaired) electrons. The lowest BCUT2D eigenvalue weighted by molar-refractivity contribution is -0.135. The number of likely N-dealkylation sites (N-methyl/N-ethyl adjacent to an activating group) is 2. The number of benzene rings is 7. The normalized spacial score (nSPS) is 17.5. The molecule has 10 N–H and O–H groups in total. The average molecular weight is 1610 g/mol. The number of amides is 3. The number of nitrogens with zero attached hydrogens (tertiary/aromatic N) is 5. The van der Waals surface area contributed by atoms with Gasteiger partial charge >= 0.3 is 17.9 Å². The smallest absolute Gasteiger partial charge is 0.374 e. The van der Waals surface area contributed by atoms with Crippen LogP contribution in [0, 0.1) is 5.41 Å². The van der Waals surface area contributed by atoms with Crippen molar-refractivity contribution in [3.63, 3.8) is 0 Å². The lowest BCUT2D eigenvalue weighted by Gasteiger charge is -2.20. The number of alkyl halides is 1. The second kappa shape index (κ2) is 37.4. The molecule has 3 aromatic heterocycles. The van der Waals surface area contributed by atoms with E-state index in [0.717, 1.165) is 87.0 Å². The van der Waals surface area contributed by atoms with Crippen molar-refractivity contribution in [1.82, 2.24) is 35.2 Å². The largest absolute Gasteiger partial charge is 0.489 e. The molecule has 5 aliphatic carbocycles. The van der Waals surface area contributed by atoms with Gasteiger partial charge in [-0.2, -0.15) is 0 Å². The highest BCUT2D eigenvalue weighted by Gasteiger charge is 2.52. The van der Waals surface area contributed by atoms with Crippen LogP contribution in [0.3, 0.4) is 0 Å². The van der Waals surface area contributed by atoms with Gasteiger partial charge in [0.15, 0.2) is 11.6 Å². The Morgan fingerprint density at radius 1 is 0.526 bits per heavy atom. The molecule has 7 aliphatic rings. The lowest BCUT2D eigenvalue weighted by Crippen LogP contribution is -2.49. The van der Waals surface area contributed by atoms with Crippen LogP contribution in [-0.4, -0.2) is 146 Å². The number of aromatic nitrogens is 6. The summed E-state index contributed by atoms with van der Waals surface area (Å²) in [6, 6.07) is 64.2. The summed E-state index contributed by atoms with van der Waals surface area (Å²) in [7, 11) is 3.38. The van der Waals surface area contributed by atoms with Crippen molar-refractivity contribution in [3.8, 4) is 11.5 Å². The first-order valence-electron chi connectivity index (χ1n) is 37.5. The van der Waals surface area contributed by atoms with E-state index in [0.29, 0.717) is 46.5 Å². The number of amidine groups is 1. The third-order valence-corrected chi connectivity index (χ3v) is 21.7. The van der Waals surface area contributed by atoms with Crippen LogP contribution < -0.4 is 36.1 Å². The number of carbonyl (C=O) groups excluding carboxylic acids is 7. The predicted molar refractivity (Wildman–Crippen MR) is 437 cm³/mol. The first-order chi connectivity index (χ1) is 54.5. The van der Waals surface area contributed by atoms with Crippen LogP contribution in [0.5, 0.6) is 11.5 Å². The molecule has 2 aliphatic heterocycles. The number of ketones is 2. The minimum absolute atomic E-state index is 0. The van der Waals surface area contributed by atoms with Crippen LogP contribution in [-0.2, 0) is 60.5 Å². The van der Waals surface area contributed by atoms with E-state index >= 15 is 0 Å². The number of esters is 2. The maximum absolute atomic E-state index is 12.8. The van der Waals surface area contributed by atoms with E-state index in [4.69, 9.17) is 36.2 Å². The zero-order valence-electron chi connectivity index (χ0n) is 63.7. The summed E-state index contributed by atoms with van der Waals surface area (Å²) in [5, 5.41) is 18.6. The quantitative estimate of drug-likeness (QED) is 0.0182. The molecule has 26 heteroatoms. The first-order valence-corrected chi connectivity index (χ1v) is 38.6. The number of fused-ring (bicyclic) bond motifs is 2. The number of aromatic carboxylic acids is 1. The van der Waals surface area contributed by atoms with Crippen molar-refractivity contribution in [1.29, 1.82) is 5.41 Å². The number of carboxylic acids is 1. The second-order valence-corrected chi connectivity index (χ2v) is 29.0. The lowest BCUT2D eigenvalue weighted by atomic mass is 9.92. The summed E-state index contributed by atoms with van der Waals surface area (Å²) in [6.45, 7) is 6.06. The number of H-pyrrole nitrogens is 3. The van der Waals surface area contributed by atoms with Crippen molar-refractivity contribution < 1.29 is 62.4 Å². The van der Waals surface area contributed by atoms with E-state index < -0.39 is 41.7 Å². The Labute approximate surface area is 671 Å². The predicted octanol–water partition coefficient (Wildman–Crippen LogP) is 13.0. The maximum atomic E-state index is 12.8. The molecule has 25 nitrogen and oxygen atoms in total. The zero-order valence-corrected chi connectivity index (χ0v) is 65.2. The molecular weight excluding hydrogens is 1510 g/mol. The molecule has 114 heavy (non-hydrogen) atoms. The Morgan fingerprint density at radius 3 is 1.25 bits per heavy atom. The summed E-state index contributed by atoms with van der Waals surface area (Å²) in [4.78, 5) is 117. The molecule has 594 valence electrons. The topological polar surface area (TPSA) is 374 Å². The monoisotopic (exact) mass is 1610 g/mol. The molecule has 0 bridgehead atoms. The SMILES string of the molecule is C.CC(=O)C1(c2ccccc2)CC1.CCOC(=O)C(=N)N.CCOC(=O)c1ncc(C2(c3ccccc3)CC2)[nH]1.CN1C(=O)[C@@H](N)COc2ccccc21.CN1C(=O)[C@@H](NC(=O)c2ncc(C3(c4ccccc4)CC3)[nH]2)COc2ccccc21.O=C(CBr)C1(c2ccccc2)CC1.O=C(O)c1ncc(C2(c3ccccc3)CC2)[nH]1. The fourth-order valence-electron chi connectivity index (χ4n) is 13.9. The zero-order chi connectivity index (χ0) is 80.5. The Kier molecular flexibility index (Phi) is 27.7. The van der Waals surface area contributed by atoms with Crippen LogP contribution in [0.1, 0.15) is 169 Å². The fourth-order valence-corrected chi connectivity index (χ4v) is 14.5. The Balaban J connectivity index is 0.000000146. The fraction of sp³-hybridized carbons (Fsp3) is 0.318. The summed E-state index contributed by atoms with van der Waals surface area (Å²) in [5.41, 5.74) is 20.4. The van der Waals surface area contributed by atoms with Crippen LogP contribution >= 0.6 is 15.9 Å². The number of carboxylic acid groups (broad SMARTS) is 1. The minimum Gasteiger partial charge on any atom is -0.489 e. The number of nitrogens with one attached hydrogen (secondary N) is 5. The van der Waals surface area contributed by atoms with Crippen molar-refractivity contribution >= 4 is 80.3 Å². The van der Waals surface area contributed by atoms with Gasteiger partial charge in [0, 0.05) is 66.0 Å². The number of imidazole rings is 3. The summed E-state index contributed by atoms with van der Waals surface area (Å²) < 4.78 is 20.4. The standard InChI is InChI=1S/C23H22N4O3.C15H16N2O2.C13H12N2O2.C11H11BrO.C11H12O.C10H12N2O2.C4H8N2O2.CH4/c1-27-17-9-5-6-10-18(17)30-14-16(22(27)29)25-21(28)20-24-13-19(26-20)23(11-12-23)15-7-3-2-4-8-15;1-2-19-14(18)13-16-10-12(17-13)15(8-9-15)11-6-4-3-5-7-11;16-12(17)11-14-8-10(15-11)13(6-7-13)9-4-2-1-3-5-9;12-8-10(13)11(6-7-11)9-4-2-1-3-5-9;1-9(12)11(7-8-11)10-5-3-2-4-6-10;1-12-8-4-2-3-5-9(8)14-6-7(11)10(12)13;1-2-8-4(7)3(5)6;/h2-10,13,16H,11-12,14H2,1H3,(H,24,26)(H,25,28);3-7,10H,2,8-9H2,1H3,(H,16,17);1-5,8H,6-7H2,(H,14,15)(H,16,17);1-5H,6-8H2;2-6H,7-8H2,1H3;2-5,7H,6,11H2,1H3;2H2,1H3,(H3,5,6);1H4/t16-;;;;;7-;;/m0....0../s1. The highest BCUT2D eigenvalue weighted by molar-refractivity contribution is 9.09. The van der Waals surface area contributed by atoms with E-state index in [-0.39, 0.29) is 77.8 Å². The van der Waals surface area contributed by atoms with E-state index in [1.807, 2.05) is 146 Å². The van der Waals surface area contributed by atoms with Gasteiger partial charge in [-0.1, -0.05) is 199 Å². The number of hydrogen-bond donors (Lipinski definition) is 8. The minimum atomic E-state index is -1.01. The van der Waals surface area contributed by atoms with Crippen molar-refractivity contribution in [2.75, 3.05) is 55.7 Å². The number of Topliss-reactive ketones (excluding diaryl/α,β-unsaturated/α-hetero) is 2. The van der Waals surface area contributed by atoms with Gasteiger partial charge in [-0.25, -0.2) is 29.3 Å². The molecule has 5 heterocycles. The van der Waals surface area contributed by atoms with Gasteiger partial charge < -0.3 is 65.6 Å². The first kappa shape index (κ1) is 84.3. The number of carbonyl (C=O) groups is 8. The van der Waals surface area contributed by atoms with Crippen LogP contribution in [0.2, 0.25) is 0 Å². The molecule has 0 saturated heterocycles. The Bertz CT molecular complexity index is 4980. The highest BCUT2D eigenvalue weighted by Crippen LogP contribution is 2.55. The molecule has 0 unspecified atom stereocenters. The van der Waals surface area contributed by atoms with E-state index in [1.165, 1.54) is 37.6 Å². The van der Waals surface area contributed by atoms with Gasteiger partial charge in [-0.15, -0.1) is 0 Å². The van der Waals surface area contributed by atoms with Crippen LogP contribution in [0.15, 0.2) is 219 Å². The van der Waals surface area contributed by atoms with Crippen LogP contribution in [0.25, 0.3) is 0 Å². The molecule has 10 aromatic rings. The molecule has 7 aromatic carbocycles. The number of rotatable bonds is 17. The maximum Gasteiger partial charge on any atom is 0.374 e. The number of aromatic amines is 3. The van der Waals surface area contributed by atoms with Gasteiger partial charge in [0.1, 0.15) is 42.6 Å². The molecular formula is C88H97BrN12O13. The molecule has 5 saturated carbocycles. The van der Waals surface area contributed by atoms with Crippen LogP contribution in [0.4, 0.5) is 11.4 Å². The average Bonchev–Trinajstić information content (AvgIpc) is 1.60. The summed E-state index contributed by atoms with van der Waals surface area (Å²) in [5.74, 6) is -1.03. The third kappa shape index (κ3) is 19.5. The summed E-state index contributed by atoms with van der Waals surface area (Å²) >= 11 is 3.24. The van der Waals surface area contributed by atoms with Crippen molar-refractivity contribution in [2.24, 2.45) is 11.5 Å². The van der Waals surface area contributed by atoms with Gasteiger partial charge in [0.2, 0.25) is 23.4 Å². The van der Waals surface area contributed by atoms with Gasteiger partial charge in [-0.3, -0.25) is 29.4 Å². The number of ether oxygens (including phenoxy) is 4. The van der Waals surface area contributed by atoms with Gasteiger partial charge in [-0.05, 0) is 137 Å². The second-order valence-electron chi connectivity index (χ2n) is 28.4. The third-order valence-electron chi connectivity index (χ3n) is 21.2. The number of hydrogen-bond acceptors (Lipinski definition) is 17. The van der Waals surface area contributed by atoms with Gasteiger partial charge in [0.25, 0.3) is 11.8 Å². The van der Waals surface area contributed by atoms with E-state index in [9.17, 15) is 38.4 Å². The number of para-hydroxylation sites is 4. The Morgan fingerprint density at radius 2 is 0.886 bits per heavy atom. The van der Waals surface area contributed by atoms with Crippen molar-refractivity contribution in [2.45, 2.75) is 132 Å². The Hall–Kier alpha value is -12.2. The molecule has 5 fully saturated rings. The van der Waals surface area contributed by atoms with Gasteiger partial charge in [0.05, 0.1) is 40.7 Å². The molecule has 2 atom stereocenters. The van der Waals surface area contributed by atoms with E-state index in [2.05, 4.69) is 104 Å². The number of anilines is 2. The molecule has 0 spiro atoms. The summed E-state index contributed by atoms with van der Waals surface area (Å²) in [6.07, 6.45) is 15.5. The highest BCUT2D eigenvalue weighted by atomic mass is 79.9. The number of nitrogens with two attached hydrogens (primary N) is 2. The van der Waals surface area contributed by atoms with E-state index in [1.54, 1.807) is 59.5 Å². The molecule has 17 rings (SSSR count). The van der Waals surface area contributed by atoms with Crippen molar-refractivity contribution in [3.05, 3.63) is 281 Å². The molecule has 3 amide bonds. The number of halogens is 1.